The van der Waals surface area contributed by atoms with Crippen LogP contribution in [0.2, 0.25) is 0 Å². The van der Waals surface area contributed by atoms with Crippen molar-refractivity contribution in [2.75, 3.05) is 36.4 Å². The first kappa shape index (κ1) is 24.3. The van der Waals surface area contributed by atoms with E-state index in [1.54, 1.807) is 19.9 Å². The number of nitrogens with zero attached hydrogens (tertiary/aromatic N) is 5. The van der Waals surface area contributed by atoms with Crippen LogP contribution in [0.15, 0.2) is 35.4 Å². The summed E-state index contributed by atoms with van der Waals surface area (Å²) in [6, 6.07) is 5.86. The number of aromatic nitrogens is 2. The molecule has 0 saturated heterocycles. The third-order valence-electron chi connectivity index (χ3n) is 4.81. The molecule has 12 heteroatoms. The summed E-state index contributed by atoms with van der Waals surface area (Å²) in [7, 11) is -3.71. The van der Waals surface area contributed by atoms with Gasteiger partial charge in [-0.05, 0) is 37.0 Å². The molecule has 170 valence electrons. The van der Waals surface area contributed by atoms with Gasteiger partial charge in [0.15, 0.2) is 0 Å². The molecule has 2 rings (SSSR count). The van der Waals surface area contributed by atoms with Crippen LogP contribution < -0.4 is 10.2 Å². The maximum Gasteiger partial charge on any atom is 0.389 e. The number of nitro groups is 1. The number of hydrogen-bond donors (Lipinski definition) is 1. The summed E-state index contributed by atoms with van der Waals surface area (Å²) in [4.78, 5) is 24.8. The fourth-order valence-electron chi connectivity index (χ4n) is 3.20. The van der Waals surface area contributed by atoms with Crippen LogP contribution in [-0.4, -0.2) is 59.5 Å². The number of sulfonamides is 1. The van der Waals surface area contributed by atoms with Crippen LogP contribution in [0.5, 0.6) is 0 Å². The number of carbonyl (C=O) groups is 1. The topological polar surface area (TPSA) is 131 Å². The van der Waals surface area contributed by atoms with Crippen molar-refractivity contribution in [3.8, 4) is 0 Å². The van der Waals surface area contributed by atoms with Crippen LogP contribution in [0.3, 0.4) is 0 Å². The molecule has 0 aliphatic heterocycles. The molecule has 0 bridgehead atoms. The first-order chi connectivity index (χ1) is 14.7. The Morgan fingerprint density at radius 3 is 2.29 bits per heavy atom. The van der Waals surface area contributed by atoms with Gasteiger partial charge in [0, 0.05) is 26.2 Å². The zero-order chi connectivity index (χ0) is 23.2. The summed E-state index contributed by atoms with van der Waals surface area (Å²) < 4.78 is 28.4. The van der Waals surface area contributed by atoms with E-state index < -0.39 is 20.9 Å². The summed E-state index contributed by atoms with van der Waals surface area (Å²) in [6.07, 6.45) is 1.34. The molecular formula is C19H28N6O5S. The van der Waals surface area contributed by atoms with E-state index in [9.17, 15) is 23.3 Å². The molecule has 0 spiro atoms. The minimum absolute atomic E-state index is 0.0807. The lowest BCUT2D eigenvalue weighted by Gasteiger charge is -2.25. The predicted molar refractivity (Wildman–Crippen MR) is 118 cm³/mol. The molecule has 11 nitrogen and oxygen atoms in total. The van der Waals surface area contributed by atoms with E-state index >= 15 is 0 Å². The Balaban J connectivity index is 2.39. The second-order valence-corrected chi connectivity index (χ2v) is 8.56. The Kier molecular flexibility index (Phi) is 8.11. The number of benzene rings is 1. The lowest BCUT2D eigenvalue weighted by Crippen LogP contribution is -2.31. The van der Waals surface area contributed by atoms with Crippen LogP contribution in [0.4, 0.5) is 17.2 Å². The molecule has 2 aromatic rings. The maximum atomic E-state index is 12.9. The Labute approximate surface area is 181 Å². The quantitative estimate of drug-likeness (QED) is 0.409. The molecular weight excluding hydrogens is 424 g/mol. The second-order valence-electron chi connectivity index (χ2n) is 6.62. The molecule has 0 unspecified atom stereocenters. The molecule has 0 atom stereocenters. The summed E-state index contributed by atoms with van der Waals surface area (Å²) >= 11 is 0. The van der Waals surface area contributed by atoms with E-state index in [-0.39, 0.29) is 17.3 Å². The van der Waals surface area contributed by atoms with Crippen molar-refractivity contribution in [3.05, 3.63) is 40.6 Å². The van der Waals surface area contributed by atoms with Crippen LogP contribution in [0.1, 0.15) is 27.7 Å². The number of nitrogens with one attached hydrogen (secondary N) is 1. The number of carbonyl (C=O) groups excluding carboxylic acids is 1. The van der Waals surface area contributed by atoms with Gasteiger partial charge in [-0.1, -0.05) is 13.8 Å². The summed E-state index contributed by atoms with van der Waals surface area (Å²) in [5.74, 6) is -0.840. The van der Waals surface area contributed by atoms with Gasteiger partial charge >= 0.3 is 5.82 Å². The zero-order valence-electron chi connectivity index (χ0n) is 18.1. The summed E-state index contributed by atoms with van der Waals surface area (Å²) in [6.45, 7) is 9.16. The van der Waals surface area contributed by atoms with Gasteiger partial charge in [-0.3, -0.25) is 4.79 Å². The van der Waals surface area contributed by atoms with Gasteiger partial charge in [0.1, 0.15) is 6.54 Å². The number of anilines is 2. The van der Waals surface area contributed by atoms with Gasteiger partial charge in [0.25, 0.3) is 0 Å². The highest BCUT2D eigenvalue weighted by atomic mass is 32.2. The van der Waals surface area contributed by atoms with Gasteiger partial charge in [-0.25, -0.2) is 8.42 Å². The lowest BCUT2D eigenvalue weighted by molar-refractivity contribution is -0.389. The van der Waals surface area contributed by atoms with Gasteiger partial charge < -0.3 is 20.3 Å². The predicted octanol–water partition coefficient (Wildman–Crippen LogP) is 2.31. The molecule has 0 saturated carbocycles. The van der Waals surface area contributed by atoms with Crippen molar-refractivity contribution in [2.24, 2.45) is 0 Å². The van der Waals surface area contributed by atoms with E-state index in [4.69, 9.17) is 0 Å². The third-order valence-corrected chi connectivity index (χ3v) is 6.85. The van der Waals surface area contributed by atoms with Crippen LogP contribution in [-0.2, 0) is 21.4 Å². The molecule has 0 aliphatic carbocycles. The molecule has 0 radical (unpaired) electrons. The van der Waals surface area contributed by atoms with Crippen molar-refractivity contribution in [2.45, 2.75) is 39.1 Å². The Bertz CT molecular complexity index is 1030. The molecule has 1 amide bonds. The Morgan fingerprint density at radius 1 is 1.13 bits per heavy atom. The van der Waals surface area contributed by atoms with E-state index in [1.165, 1.54) is 28.7 Å². The largest absolute Gasteiger partial charge is 0.389 e. The van der Waals surface area contributed by atoms with Gasteiger partial charge in [0.2, 0.25) is 15.9 Å². The minimum atomic E-state index is -3.71. The van der Waals surface area contributed by atoms with Crippen molar-refractivity contribution in [1.29, 1.82) is 0 Å². The molecule has 0 fully saturated rings. The molecule has 0 aliphatic rings. The monoisotopic (exact) mass is 452 g/mol. The fraction of sp³-hybridized carbons (Fsp3) is 0.474. The van der Waals surface area contributed by atoms with Crippen molar-refractivity contribution in [1.82, 2.24) is 14.1 Å². The van der Waals surface area contributed by atoms with Crippen molar-refractivity contribution >= 4 is 33.1 Å². The highest BCUT2D eigenvalue weighted by molar-refractivity contribution is 7.89. The van der Waals surface area contributed by atoms with Crippen molar-refractivity contribution < 1.29 is 18.1 Å². The zero-order valence-corrected chi connectivity index (χ0v) is 18.9. The minimum Gasteiger partial charge on any atom is -0.370 e. The van der Waals surface area contributed by atoms with Gasteiger partial charge in [0.05, 0.1) is 33.6 Å². The van der Waals surface area contributed by atoms with E-state index in [0.29, 0.717) is 37.6 Å². The number of rotatable bonds is 11. The van der Waals surface area contributed by atoms with Crippen LogP contribution >= 0.6 is 0 Å². The van der Waals surface area contributed by atoms with E-state index in [2.05, 4.69) is 10.4 Å². The standard InChI is InChI=1S/C19H28N6O5S/c1-5-22(6-2)17-10-9-15(31(29,30)24(7-3)8-4)13-16(17)20-19(26)14-23-12-11-18(21-23)25(27)28/h9-13H,5-8,14H2,1-4H3,(H,20,26). The second kappa shape index (κ2) is 10.4. The highest BCUT2D eigenvalue weighted by Gasteiger charge is 2.24. The molecule has 1 heterocycles. The maximum absolute atomic E-state index is 12.9. The van der Waals surface area contributed by atoms with Gasteiger partial charge in [-0.15, -0.1) is 0 Å². The Morgan fingerprint density at radius 2 is 1.77 bits per heavy atom. The van der Waals surface area contributed by atoms with Gasteiger partial charge in [-0.2, -0.15) is 8.99 Å². The fourth-order valence-corrected chi connectivity index (χ4v) is 4.69. The molecule has 31 heavy (non-hydrogen) atoms. The van der Waals surface area contributed by atoms with Crippen molar-refractivity contribution in [3.63, 3.8) is 0 Å². The van der Waals surface area contributed by atoms with E-state index in [0.717, 1.165) is 4.68 Å². The smallest absolute Gasteiger partial charge is 0.370 e. The number of amides is 1. The molecule has 1 aromatic carbocycles. The first-order valence-corrected chi connectivity index (χ1v) is 11.5. The van der Waals surface area contributed by atoms with E-state index in [1.807, 2.05) is 18.7 Å². The molecule has 1 aromatic heterocycles. The summed E-state index contributed by atoms with van der Waals surface area (Å²) in [5.41, 5.74) is 1.03. The Hall–Kier alpha value is -2.99. The SMILES string of the molecule is CCN(CC)c1ccc(S(=O)(=O)N(CC)CC)cc1NC(=O)Cn1ccc([N+](=O)[O-])n1. The average molecular weight is 453 g/mol. The highest BCUT2D eigenvalue weighted by Crippen LogP contribution is 2.30. The number of hydrogen-bond acceptors (Lipinski definition) is 7. The summed E-state index contributed by atoms with van der Waals surface area (Å²) in [5, 5.41) is 17.2. The average Bonchev–Trinajstić information content (AvgIpc) is 3.19. The van der Waals surface area contributed by atoms with Crippen LogP contribution in [0, 0.1) is 10.1 Å². The molecule has 1 N–H and O–H groups in total. The normalized spacial score (nSPS) is 11.5. The van der Waals surface area contributed by atoms with Crippen LogP contribution in [0.25, 0.3) is 0 Å². The lowest BCUT2D eigenvalue weighted by atomic mass is 10.2. The third kappa shape index (κ3) is 5.58. The first-order valence-electron chi connectivity index (χ1n) is 10.0.